The van der Waals surface area contributed by atoms with E-state index in [1.165, 1.54) is 24.0 Å². The van der Waals surface area contributed by atoms with Crippen molar-refractivity contribution >= 4 is 11.4 Å². The molecule has 0 fully saturated rings. The lowest BCUT2D eigenvalue weighted by Gasteiger charge is -2.14. The van der Waals surface area contributed by atoms with Gasteiger partial charge in [0, 0.05) is 0 Å². The molecule has 20 heavy (non-hydrogen) atoms. The van der Waals surface area contributed by atoms with Crippen molar-refractivity contribution in [2.45, 2.75) is 57.9 Å². The molecule has 0 saturated heterocycles. The largest absolute Gasteiger partial charge is 0.189 e. The van der Waals surface area contributed by atoms with Crippen molar-refractivity contribution in [3.8, 4) is 0 Å². The lowest BCUT2D eigenvalue weighted by Crippen LogP contribution is -2.02. The van der Waals surface area contributed by atoms with Crippen molar-refractivity contribution in [2.75, 3.05) is 6.54 Å². The Labute approximate surface area is 120 Å². The Kier molecular flexibility index (Phi) is 3.90. The van der Waals surface area contributed by atoms with Gasteiger partial charge in [0.1, 0.15) is 0 Å². The third-order valence-electron chi connectivity index (χ3n) is 4.20. The zero-order valence-electron chi connectivity index (χ0n) is 12.3. The summed E-state index contributed by atoms with van der Waals surface area (Å²) in [7, 11) is 0. The number of fused-ring (bicyclic) bond motifs is 2. The minimum atomic E-state index is 0.296. The van der Waals surface area contributed by atoms with Crippen LogP contribution >= 0.6 is 0 Å². The quantitative estimate of drug-likeness (QED) is 0.599. The van der Waals surface area contributed by atoms with Crippen molar-refractivity contribution in [1.29, 1.82) is 0 Å². The Morgan fingerprint density at radius 3 is 2.80 bits per heavy atom. The van der Waals surface area contributed by atoms with Crippen LogP contribution in [0.25, 0.3) is 0 Å². The van der Waals surface area contributed by atoms with E-state index in [-0.39, 0.29) is 0 Å². The van der Waals surface area contributed by atoms with Crippen LogP contribution in [0.1, 0.15) is 56.6 Å². The molecule has 106 valence electrons. The monoisotopic (exact) mass is 270 g/mol. The highest BCUT2D eigenvalue weighted by molar-refractivity contribution is 5.60. The Hall–Kier alpha value is -1.58. The normalized spacial score (nSPS) is 25.9. The number of hydrogen-bond donors (Lipinski definition) is 0. The van der Waals surface area contributed by atoms with Gasteiger partial charge in [-0.1, -0.05) is 13.3 Å². The molecule has 4 heteroatoms. The predicted molar refractivity (Wildman–Crippen MR) is 80.4 cm³/mol. The molecule has 0 amide bonds. The SMILES string of the molecule is CC1CC(C)c2cc3c(cc2N=N1)CCCCCN=N3. The Morgan fingerprint density at radius 2 is 1.90 bits per heavy atom. The molecule has 0 saturated carbocycles. The van der Waals surface area contributed by atoms with Gasteiger partial charge in [0.15, 0.2) is 0 Å². The van der Waals surface area contributed by atoms with Crippen LogP contribution in [0.3, 0.4) is 0 Å². The van der Waals surface area contributed by atoms with Crippen molar-refractivity contribution in [3.05, 3.63) is 23.3 Å². The summed E-state index contributed by atoms with van der Waals surface area (Å²) in [4.78, 5) is 0. The number of aryl methyl sites for hydroxylation is 1. The fourth-order valence-corrected chi connectivity index (χ4v) is 3.06. The molecule has 0 bridgehead atoms. The maximum Gasteiger partial charge on any atom is 0.0891 e. The first-order valence-corrected chi connectivity index (χ1v) is 7.69. The third-order valence-corrected chi connectivity index (χ3v) is 4.20. The summed E-state index contributed by atoms with van der Waals surface area (Å²) in [5, 5.41) is 17.6. The first-order chi connectivity index (χ1) is 9.74. The molecular formula is C16H22N4. The Balaban J connectivity index is 2.05. The first-order valence-electron chi connectivity index (χ1n) is 7.69. The second-order valence-electron chi connectivity index (χ2n) is 6.02. The van der Waals surface area contributed by atoms with Crippen molar-refractivity contribution < 1.29 is 0 Å². The second-order valence-corrected chi connectivity index (χ2v) is 6.02. The van der Waals surface area contributed by atoms with Gasteiger partial charge in [-0.15, -0.1) is 0 Å². The summed E-state index contributed by atoms with van der Waals surface area (Å²) in [6.07, 6.45) is 5.70. The molecule has 0 radical (unpaired) electrons. The Bertz CT molecular complexity index is 548. The van der Waals surface area contributed by atoms with E-state index < -0.39 is 0 Å². The summed E-state index contributed by atoms with van der Waals surface area (Å²) < 4.78 is 0. The summed E-state index contributed by atoms with van der Waals surface area (Å²) in [6, 6.07) is 4.68. The average Bonchev–Trinajstić information content (AvgIpc) is 2.52. The van der Waals surface area contributed by atoms with Gasteiger partial charge in [-0.2, -0.15) is 20.5 Å². The van der Waals surface area contributed by atoms with E-state index in [1.54, 1.807) is 0 Å². The van der Waals surface area contributed by atoms with Gasteiger partial charge in [-0.3, -0.25) is 0 Å². The topological polar surface area (TPSA) is 49.4 Å². The number of nitrogens with zero attached hydrogens (tertiary/aromatic N) is 4. The van der Waals surface area contributed by atoms with E-state index in [9.17, 15) is 0 Å². The molecule has 2 heterocycles. The van der Waals surface area contributed by atoms with Gasteiger partial charge in [0.05, 0.1) is 24.0 Å². The molecule has 1 aromatic carbocycles. The molecule has 2 aliphatic heterocycles. The molecule has 0 aliphatic carbocycles. The minimum absolute atomic E-state index is 0.296. The van der Waals surface area contributed by atoms with E-state index in [0.29, 0.717) is 12.0 Å². The van der Waals surface area contributed by atoms with Gasteiger partial charge in [-0.25, -0.2) is 0 Å². The van der Waals surface area contributed by atoms with Gasteiger partial charge in [0.25, 0.3) is 0 Å². The minimum Gasteiger partial charge on any atom is -0.189 e. The molecule has 1 aromatic rings. The standard InChI is InChI=1S/C16H22N4/c1-11-8-12(2)18-20-16-9-13-6-4-3-5-7-17-19-15(13)10-14(11)16/h9-12H,3-8H2,1-2H3. The highest BCUT2D eigenvalue weighted by Crippen LogP contribution is 2.39. The van der Waals surface area contributed by atoms with Crippen LogP contribution in [0, 0.1) is 0 Å². The second kappa shape index (κ2) is 5.81. The molecule has 2 atom stereocenters. The lowest BCUT2D eigenvalue weighted by atomic mass is 9.91. The molecule has 4 nitrogen and oxygen atoms in total. The van der Waals surface area contributed by atoms with Crippen LogP contribution in [0.5, 0.6) is 0 Å². The highest BCUT2D eigenvalue weighted by Gasteiger charge is 2.20. The molecule has 2 unspecified atom stereocenters. The molecule has 3 rings (SSSR count). The smallest absolute Gasteiger partial charge is 0.0891 e. The number of azo groups is 2. The van der Waals surface area contributed by atoms with E-state index in [2.05, 4.69) is 46.4 Å². The zero-order valence-corrected chi connectivity index (χ0v) is 12.3. The molecule has 0 spiro atoms. The van der Waals surface area contributed by atoms with Gasteiger partial charge >= 0.3 is 0 Å². The molecule has 0 aromatic heterocycles. The van der Waals surface area contributed by atoms with E-state index in [4.69, 9.17) is 0 Å². The van der Waals surface area contributed by atoms with Crippen molar-refractivity contribution in [1.82, 2.24) is 0 Å². The first kappa shape index (κ1) is 13.4. The van der Waals surface area contributed by atoms with E-state index in [0.717, 1.165) is 37.2 Å². The van der Waals surface area contributed by atoms with Crippen LogP contribution in [-0.4, -0.2) is 12.6 Å². The van der Waals surface area contributed by atoms with Gasteiger partial charge in [0.2, 0.25) is 0 Å². The lowest BCUT2D eigenvalue weighted by molar-refractivity contribution is 0.585. The summed E-state index contributed by atoms with van der Waals surface area (Å²) in [5.74, 6) is 0.475. The molecule has 2 aliphatic rings. The maximum absolute atomic E-state index is 4.46. The fraction of sp³-hybridized carbons (Fsp3) is 0.625. The summed E-state index contributed by atoms with van der Waals surface area (Å²) in [6.45, 7) is 5.24. The fourth-order valence-electron chi connectivity index (χ4n) is 3.06. The summed E-state index contributed by atoms with van der Waals surface area (Å²) >= 11 is 0. The van der Waals surface area contributed by atoms with Crippen LogP contribution < -0.4 is 0 Å². The number of benzene rings is 1. The van der Waals surface area contributed by atoms with Crippen LogP contribution in [0.4, 0.5) is 11.4 Å². The van der Waals surface area contributed by atoms with Crippen LogP contribution in [0.2, 0.25) is 0 Å². The average molecular weight is 270 g/mol. The molecular weight excluding hydrogens is 248 g/mol. The predicted octanol–water partition coefficient (Wildman–Crippen LogP) is 5.48. The third kappa shape index (κ3) is 2.79. The van der Waals surface area contributed by atoms with Crippen LogP contribution in [-0.2, 0) is 6.42 Å². The number of hydrogen-bond acceptors (Lipinski definition) is 4. The van der Waals surface area contributed by atoms with Gasteiger partial charge in [-0.05, 0) is 61.8 Å². The van der Waals surface area contributed by atoms with Crippen molar-refractivity contribution in [2.24, 2.45) is 20.5 Å². The zero-order chi connectivity index (χ0) is 13.9. The summed E-state index contributed by atoms with van der Waals surface area (Å²) in [5.41, 5.74) is 4.63. The van der Waals surface area contributed by atoms with E-state index >= 15 is 0 Å². The van der Waals surface area contributed by atoms with Crippen molar-refractivity contribution in [3.63, 3.8) is 0 Å². The Morgan fingerprint density at radius 1 is 1.00 bits per heavy atom. The van der Waals surface area contributed by atoms with Crippen LogP contribution in [0.15, 0.2) is 32.6 Å². The van der Waals surface area contributed by atoms with E-state index in [1.807, 2.05) is 0 Å². The molecule has 0 N–H and O–H groups in total. The highest BCUT2D eigenvalue weighted by atomic mass is 15.1. The maximum atomic E-state index is 4.46. The van der Waals surface area contributed by atoms with Gasteiger partial charge < -0.3 is 0 Å². The number of rotatable bonds is 0.